The van der Waals surface area contributed by atoms with E-state index in [1.54, 1.807) is 6.92 Å². The number of fused-ring (bicyclic) bond motifs is 1. The number of amides is 1. The molecule has 1 aromatic carbocycles. The number of H-pyrrole nitrogens is 1. The van der Waals surface area contributed by atoms with Crippen LogP contribution in [0.5, 0.6) is 0 Å². The molecule has 0 saturated heterocycles. The fourth-order valence-corrected chi connectivity index (χ4v) is 2.61. The molecular weight excluding hydrogens is 278 g/mol. The number of nitrogens with one attached hydrogen (secondary N) is 2. The van der Waals surface area contributed by atoms with Crippen LogP contribution in [0.3, 0.4) is 0 Å². The highest BCUT2D eigenvalue weighted by Crippen LogP contribution is 2.24. The molecule has 0 aliphatic carbocycles. The number of hydrogen-bond donors (Lipinski definition) is 2. The standard InChI is InChI=1S/C17H19N3O2/c1-9(2)16-15(11(4)20-22-16)17(21)19-13-5-6-14-12(8-13)7-10(3)18-14/h5-9,18H,1-4H3,(H,19,21). The van der Waals surface area contributed by atoms with E-state index in [2.05, 4.69) is 21.5 Å². The Labute approximate surface area is 128 Å². The highest BCUT2D eigenvalue weighted by molar-refractivity contribution is 6.06. The van der Waals surface area contributed by atoms with Gasteiger partial charge in [0.25, 0.3) is 5.91 Å². The molecule has 0 aliphatic heterocycles. The number of rotatable bonds is 3. The van der Waals surface area contributed by atoms with Crippen LogP contribution < -0.4 is 5.32 Å². The summed E-state index contributed by atoms with van der Waals surface area (Å²) in [6.07, 6.45) is 0. The molecule has 0 saturated carbocycles. The first-order valence-corrected chi connectivity index (χ1v) is 7.32. The van der Waals surface area contributed by atoms with Crippen LogP contribution in [-0.2, 0) is 0 Å². The van der Waals surface area contributed by atoms with Crippen LogP contribution in [0.25, 0.3) is 10.9 Å². The minimum Gasteiger partial charge on any atom is -0.360 e. The number of carbonyl (C=O) groups excluding carboxylic acids is 1. The van der Waals surface area contributed by atoms with Crippen LogP contribution in [0.2, 0.25) is 0 Å². The van der Waals surface area contributed by atoms with Crippen molar-refractivity contribution in [2.45, 2.75) is 33.6 Å². The van der Waals surface area contributed by atoms with Gasteiger partial charge in [0.2, 0.25) is 0 Å². The third-order valence-electron chi connectivity index (χ3n) is 3.65. The zero-order valence-corrected chi connectivity index (χ0v) is 13.2. The summed E-state index contributed by atoms with van der Waals surface area (Å²) < 4.78 is 5.27. The van der Waals surface area contributed by atoms with E-state index >= 15 is 0 Å². The molecule has 2 heterocycles. The SMILES string of the molecule is Cc1cc2cc(NC(=O)c3c(C)noc3C(C)C)ccc2[nH]1. The Morgan fingerprint density at radius 3 is 2.77 bits per heavy atom. The van der Waals surface area contributed by atoms with Crippen molar-refractivity contribution in [3.8, 4) is 0 Å². The van der Waals surface area contributed by atoms with E-state index in [1.165, 1.54) is 0 Å². The molecule has 0 radical (unpaired) electrons. The van der Waals surface area contributed by atoms with Crippen LogP contribution in [-0.4, -0.2) is 16.0 Å². The lowest BCUT2D eigenvalue weighted by molar-refractivity contribution is 0.102. The highest BCUT2D eigenvalue weighted by atomic mass is 16.5. The Bertz CT molecular complexity index is 843. The van der Waals surface area contributed by atoms with Crippen molar-refractivity contribution in [3.63, 3.8) is 0 Å². The second-order valence-electron chi connectivity index (χ2n) is 5.87. The minimum atomic E-state index is -0.186. The van der Waals surface area contributed by atoms with Crippen LogP contribution >= 0.6 is 0 Å². The first-order chi connectivity index (χ1) is 10.5. The van der Waals surface area contributed by atoms with Crippen molar-refractivity contribution in [2.24, 2.45) is 0 Å². The van der Waals surface area contributed by atoms with Crippen molar-refractivity contribution in [2.75, 3.05) is 5.32 Å². The Hall–Kier alpha value is -2.56. The van der Waals surface area contributed by atoms with Gasteiger partial charge in [0.05, 0.1) is 5.69 Å². The summed E-state index contributed by atoms with van der Waals surface area (Å²) in [7, 11) is 0. The van der Waals surface area contributed by atoms with Gasteiger partial charge in [0.1, 0.15) is 5.56 Å². The molecule has 5 heteroatoms. The van der Waals surface area contributed by atoms with Crippen molar-refractivity contribution in [3.05, 3.63) is 47.0 Å². The Balaban J connectivity index is 1.91. The summed E-state index contributed by atoms with van der Waals surface area (Å²) in [5, 5.41) is 7.91. The predicted molar refractivity (Wildman–Crippen MR) is 86.3 cm³/mol. The number of carbonyl (C=O) groups is 1. The molecule has 114 valence electrons. The number of benzene rings is 1. The van der Waals surface area contributed by atoms with Crippen LogP contribution in [0.4, 0.5) is 5.69 Å². The molecule has 0 unspecified atom stereocenters. The van der Waals surface area contributed by atoms with E-state index in [1.807, 2.05) is 39.0 Å². The molecule has 22 heavy (non-hydrogen) atoms. The van der Waals surface area contributed by atoms with Gasteiger partial charge in [-0.15, -0.1) is 0 Å². The lowest BCUT2D eigenvalue weighted by Crippen LogP contribution is -2.14. The summed E-state index contributed by atoms with van der Waals surface area (Å²) in [6, 6.07) is 7.85. The topological polar surface area (TPSA) is 70.9 Å². The molecule has 3 rings (SSSR count). The van der Waals surface area contributed by atoms with E-state index < -0.39 is 0 Å². The molecule has 0 atom stereocenters. The van der Waals surface area contributed by atoms with Gasteiger partial charge in [-0.2, -0.15) is 0 Å². The summed E-state index contributed by atoms with van der Waals surface area (Å²) >= 11 is 0. The summed E-state index contributed by atoms with van der Waals surface area (Å²) in [6.45, 7) is 7.74. The Morgan fingerprint density at radius 1 is 1.27 bits per heavy atom. The maximum Gasteiger partial charge on any atom is 0.261 e. The largest absolute Gasteiger partial charge is 0.360 e. The average molecular weight is 297 g/mol. The van der Waals surface area contributed by atoms with E-state index in [9.17, 15) is 4.79 Å². The first kappa shape index (κ1) is 14.4. The van der Waals surface area contributed by atoms with E-state index in [0.29, 0.717) is 17.0 Å². The third-order valence-corrected chi connectivity index (χ3v) is 3.65. The predicted octanol–water partition coefficient (Wildman–Crippen LogP) is 4.15. The number of aromatic nitrogens is 2. The lowest BCUT2D eigenvalue weighted by Gasteiger charge is -2.07. The molecular formula is C17H19N3O2. The van der Waals surface area contributed by atoms with Crippen molar-refractivity contribution < 1.29 is 9.32 Å². The van der Waals surface area contributed by atoms with E-state index in [-0.39, 0.29) is 11.8 Å². The molecule has 2 N–H and O–H groups in total. The number of anilines is 1. The average Bonchev–Trinajstić information content (AvgIpc) is 3.00. The maximum atomic E-state index is 12.5. The van der Waals surface area contributed by atoms with Crippen molar-refractivity contribution in [1.29, 1.82) is 0 Å². The summed E-state index contributed by atoms with van der Waals surface area (Å²) in [5.41, 5.74) is 4.04. The van der Waals surface area contributed by atoms with Gasteiger partial charge < -0.3 is 14.8 Å². The Morgan fingerprint density at radius 2 is 2.05 bits per heavy atom. The first-order valence-electron chi connectivity index (χ1n) is 7.32. The molecule has 2 aromatic heterocycles. The van der Waals surface area contributed by atoms with Crippen LogP contribution in [0.15, 0.2) is 28.8 Å². The zero-order valence-electron chi connectivity index (χ0n) is 13.2. The number of aryl methyl sites for hydroxylation is 2. The second-order valence-corrected chi connectivity index (χ2v) is 5.87. The van der Waals surface area contributed by atoms with Crippen molar-refractivity contribution in [1.82, 2.24) is 10.1 Å². The van der Waals surface area contributed by atoms with E-state index in [0.717, 1.165) is 22.3 Å². The second kappa shape index (κ2) is 5.33. The van der Waals surface area contributed by atoms with Gasteiger partial charge in [0.15, 0.2) is 5.76 Å². The molecule has 3 aromatic rings. The van der Waals surface area contributed by atoms with Crippen LogP contribution in [0, 0.1) is 13.8 Å². The lowest BCUT2D eigenvalue weighted by atomic mass is 10.0. The zero-order chi connectivity index (χ0) is 15.9. The third kappa shape index (κ3) is 2.50. The van der Waals surface area contributed by atoms with Crippen LogP contribution in [0.1, 0.15) is 47.3 Å². The molecule has 0 spiro atoms. The quantitative estimate of drug-likeness (QED) is 0.763. The van der Waals surface area contributed by atoms with Gasteiger partial charge in [-0.25, -0.2) is 0 Å². The molecule has 5 nitrogen and oxygen atoms in total. The number of hydrogen-bond acceptors (Lipinski definition) is 3. The summed E-state index contributed by atoms with van der Waals surface area (Å²) in [5.74, 6) is 0.541. The monoisotopic (exact) mass is 297 g/mol. The molecule has 1 amide bonds. The van der Waals surface area contributed by atoms with Crippen molar-refractivity contribution >= 4 is 22.5 Å². The Kier molecular flexibility index (Phi) is 3.48. The van der Waals surface area contributed by atoms with E-state index in [4.69, 9.17) is 4.52 Å². The smallest absolute Gasteiger partial charge is 0.261 e. The molecule has 0 bridgehead atoms. The van der Waals surface area contributed by atoms with Gasteiger partial charge in [-0.1, -0.05) is 19.0 Å². The fraction of sp³-hybridized carbons (Fsp3) is 0.294. The maximum absolute atomic E-state index is 12.5. The van der Waals surface area contributed by atoms with Gasteiger partial charge in [0, 0.05) is 28.2 Å². The van der Waals surface area contributed by atoms with Gasteiger partial charge >= 0.3 is 0 Å². The fourth-order valence-electron chi connectivity index (χ4n) is 2.61. The number of aromatic amines is 1. The number of nitrogens with zero attached hydrogens (tertiary/aromatic N) is 1. The minimum absolute atomic E-state index is 0.108. The molecule has 0 aliphatic rings. The van der Waals surface area contributed by atoms with Gasteiger partial charge in [-0.3, -0.25) is 4.79 Å². The normalized spacial score (nSPS) is 11.3. The highest BCUT2D eigenvalue weighted by Gasteiger charge is 2.22. The molecule has 0 fully saturated rings. The van der Waals surface area contributed by atoms with Gasteiger partial charge in [-0.05, 0) is 38.1 Å². The summed E-state index contributed by atoms with van der Waals surface area (Å²) in [4.78, 5) is 15.8.